The van der Waals surface area contributed by atoms with Gasteiger partial charge < -0.3 is 19.3 Å². The van der Waals surface area contributed by atoms with Gasteiger partial charge in [-0.3, -0.25) is 4.90 Å². The number of fused-ring (bicyclic) bond motifs is 3. The summed E-state index contributed by atoms with van der Waals surface area (Å²) in [6, 6.07) is 20.9. The van der Waals surface area contributed by atoms with Crippen LogP contribution in [0.4, 0.5) is 24.5 Å². The second-order valence-corrected chi connectivity index (χ2v) is 13.1. The highest BCUT2D eigenvalue weighted by molar-refractivity contribution is 7.99. The number of rotatable bonds is 10. The van der Waals surface area contributed by atoms with Gasteiger partial charge in [0.1, 0.15) is 12.4 Å². The molecule has 242 valence electrons. The van der Waals surface area contributed by atoms with Gasteiger partial charge >= 0.3 is 12.1 Å². The summed E-state index contributed by atoms with van der Waals surface area (Å²) in [7, 11) is 0. The third kappa shape index (κ3) is 7.52. The van der Waals surface area contributed by atoms with Crippen LogP contribution in [-0.2, 0) is 15.7 Å². The van der Waals surface area contributed by atoms with E-state index in [9.17, 15) is 18.0 Å². The van der Waals surface area contributed by atoms with Gasteiger partial charge in [-0.25, -0.2) is 4.79 Å². The summed E-state index contributed by atoms with van der Waals surface area (Å²) in [5.74, 6) is -0.0799. The number of hydrogen-bond acceptors (Lipinski definition) is 7. The van der Waals surface area contributed by atoms with E-state index in [1.165, 1.54) is 17.8 Å². The molecule has 0 bridgehead atoms. The van der Waals surface area contributed by atoms with E-state index < -0.39 is 17.7 Å². The summed E-state index contributed by atoms with van der Waals surface area (Å²) >= 11 is 14.1. The van der Waals surface area contributed by atoms with Crippen molar-refractivity contribution in [3.8, 4) is 5.75 Å². The molecule has 2 aliphatic rings. The van der Waals surface area contributed by atoms with Crippen molar-refractivity contribution in [2.45, 2.75) is 22.4 Å². The number of hydrogen-bond donors (Lipinski definition) is 0. The molecule has 0 saturated carbocycles. The maximum atomic E-state index is 13.5. The van der Waals surface area contributed by atoms with E-state index in [4.69, 9.17) is 32.7 Å². The van der Waals surface area contributed by atoms with Gasteiger partial charge in [-0.1, -0.05) is 71.4 Å². The van der Waals surface area contributed by atoms with Crippen LogP contribution in [0, 0.1) is 0 Å². The first-order valence-electron chi connectivity index (χ1n) is 15.0. The van der Waals surface area contributed by atoms with E-state index >= 15 is 0 Å². The fourth-order valence-electron chi connectivity index (χ4n) is 5.82. The molecule has 0 amide bonds. The Balaban J connectivity index is 0.944. The van der Waals surface area contributed by atoms with Crippen LogP contribution in [0.2, 0.25) is 10.0 Å². The van der Waals surface area contributed by atoms with Crippen LogP contribution in [0.5, 0.6) is 5.75 Å². The lowest BCUT2D eigenvalue weighted by Gasteiger charge is -2.36. The molecule has 0 spiro atoms. The molecule has 46 heavy (non-hydrogen) atoms. The van der Waals surface area contributed by atoms with Gasteiger partial charge in [0.25, 0.3) is 0 Å². The Hall–Kier alpha value is -3.15. The molecule has 0 aliphatic carbocycles. The highest BCUT2D eigenvalue weighted by Gasteiger charge is 2.33. The predicted molar refractivity (Wildman–Crippen MR) is 177 cm³/mol. The number of alkyl halides is 3. The van der Waals surface area contributed by atoms with Gasteiger partial charge in [-0.05, 0) is 49.4 Å². The third-order valence-corrected chi connectivity index (χ3v) is 9.90. The number of anilines is 2. The van der Waals surface area contributed by atoms with E-state index in [1.54, 1.807) is 12.1 Å². The number of nitrogens with zero attached hydrogens (tertiary/aromatic N) is 3. The van der Waals surface area contributed by atoms with Crippen molar-refractivity contribution in [1.29, 1.82) is 0 Å². The lowest BCUT2D eigenvalue weighted by Crippen LogP contribution is -2.47. The first kappa shape index (κ1) is 32.8. The molecule has 1 saturated heterocycles. The molecule has 0 unspecified atom stereocenters. The number of para-hydroxylation sites is 1. The molecule has 4 aromatic carbocycles. The molecule has 1 fully saturated rings. The minimum Gasteiger partial charge on any atom is -0.480 e. The number of piperazine rings is 1. The molecule has 0 atom stereocenters. The fourth-order valence-corrected chi connectivity index (χ4v) is 7.49. The number of ether oxygens (including phenoxy) is 2. The molecular weight excluding hydrogens is 658 g/mol. The van der Waals surface area contributed by atoms with Crippen LogP contribution in [-0.4, -0.2) is 74.8 Å². The van der Waals surface area contributed by atoms with Gasteiger partial charge in [0.2, 0.25) is 0 Å². The first-order valence-corrected chi connectivity index (χ1v) is 16.6. The zero-order chi connectivity index (χ0) is 32.3. The molecule has 0 aromatic heterocycles. The number of carbonyl (C=O) groups excluding carboxylic acids is 1. The van der Waals surface area contributed by atoms with Crippen LogP contribution in [0.15, 0.2) is 82.6 Å². The monoisotopic (exact) mass is 689 g/mol. The standard InChI is InChI=1S/C34H32Cl2F3N3O3S/c35-26-21-27(36)33(25-7-2-1-6-24(25)26)45-22-32(43)44-19-18-41-16-14-40(15-17-41)12-5-13-42-28-8-3-4-9-30(28)46-31-11-10-23(20-29(31)42)34(37,38)39/h1-4,6-11,20-21H,5,12-19,22H2. The molecule has 0 radical (unpaired) electrons. The Morgan fingerprint density at radius 1 is 0.783 bits per heavy atom. The van der Waals surface area contributed by atoms with E-state index in [-0.39, 0.29) is 13.2 Å². The van der Waals surface area contributed by atoms with E-state index in [0.717, 1.165) is 71.5 Å². The second-order valence-electron chi connectivity index (χ2n) is 11.2. The van der Waals surface area contributed by atoms with Gasteiger partial charge in [-0.2, -0.15) is 13.2 Å². The van der Waals surface area contributed by atoms with Crippen LogP contribution in [0.25, 0.3) is 10.8 Å². The zero-order valence-corrected chi connectivity index (χ0v) is 27.2. The number of esters is 1. The zero-order valence-electron chi connectivity index (χ0n) is 24.9. The lowest BCUT2D eigenvalue weighted by atomic mass is 10.1. The van der Waals surface area contributed by atoms with Crippen LogP contribution in [0.3, 0.4) is 0 Å². The Kier molecular flexibility index (Phi) is 10.2. The van der Waals surface area contributed by atoms with E-state index in [0.29, 0.717) is 34.6 Å². The van der Waals surface area contributed by atoms with Crippen molar-refractivity contribution in [2.75, 3.05) is 63.9 Å². The van der Waals surface area contributed by atoms with Crippen LogP contribution >= 0.6 is 35.0 Å². The summed E-state index contributed by atoms with van der Waals surface area (Å²) in [4.78, 5) is 20.9. The SMILES string of the molecule is O=C(COc1c(Cl)cc(Cl)c2ccccc12)OCCN1CCN(CCCN2c3ccccc3Sc3ccc(C(F)(F)F)cc32)CC1. The maximum Gasteiger partial charge on any atom is 0.416 e. The van der Waals surface area contributed by atoms with Gasteiger partial charge in [0, 0.05) is 59.8 Å². The quantitative estimate of drug-likeness (QED) is 0.155. The van der Waals surface area contributed by atoms with E-state index in [1.807, 2.05) is 53.4 Å². The summed E-state index contributed by atoms with van der Waals surface area (Å²) in [5.41, 5.74) is 0.909. The van der Waals surface area contributed by atoms with Gasteiger partial charge in [0.05, 0.1) is 27.0 Å². The summed E-state index contributed by atoms with van der Waals surface area (Å²) in [6.45, 7) is 5.45. The van der Waals surface area contributed by atoms with E-state index in [2.05, 4.69) is 9.80 Å². The third-order valence-electron chi connectivity index (χ3n) is 8.18. The molecule has 6 nitrogen and oxygen atoms in total. The average molecular weight is 691 g/mol. The summed E-state index contributed by atoms with van der Waals surface area (Å²) in [6.07, 6.45) is -3.59. The normalized spacial score (nSPS) is 15.5. The smallest absolute Gasteiger partial charge is 0.416 e. The highest BCUT2D eigenvalue weighted by Crippen LogP contribution is 2.49. The van der Waals surface area contributed by atoms with Crippen molar-refractivity contribution in [3.05, 3.63) is 88.4 Å². The number of halogens is 5. The molecular formula is C34H32Cl2F3N3O3S. The maximum absolute atomic E-state index is 13.5. The summed E-state index contributed by atoms with van der Waals surface area (Å²) in [5, 5.41) is 2.36. The Morgan fingerprint density at radius 2 is 1.46 bits per heavy atom. The summed E-state index contributed by atoms with van der Waals surface area (Å²) < 4.78 is 51.7. The van der Waals surface area contributed by atoms with Crippen molar-refractivity contribution >= 4 is 63.1 Å². The Labute approximate surface area is 279 Å². The first-order chi connectivity index (χ1) is 22.2. The lowest BCUT2D eigenvalue weighted by molar-refractivity contribution is -0.146. The average Bonchev–Trinajstić information content (AvgIpc) is 3.04. The predicted octanol–water partition coefficient (Wildman–Crippen LogP) is 8.40. The largest absolute Gasteiger partial charge is 0.480 e. The molecule has 0 N–H and O–H groups in total. The molecule has 4 aromatic rings. The van der Waals surface area contributed by atoms with Gasteiger partial charge in [0.15, 0.2) is 6.61 Å². The fraction of sp³-hybridized carbons (Fsp3) is 0.324. The Bertz CT molecular complexity index is 1720. The molecule has 6 rings (SSSR count). The van der Waals surface area contributed by atoms with Crippen molar-refractivity contribution in [3.63, 3.8) is 0 Å². The minimum atomic E-state index is -4.39. The van der Waals surface area contributed by atoms with Crippen LogP contribution < -0.4 is 9.64 Å². The van der Waals surface area contributed by atoms with Crippen molar-refractivity contribution in [2.24, 2.45) is 0 Å². The minimum absolute atomic E-state index is 0.253. The van der Waals surface area contributed by atoms with Crippen molar-refractivity contribution in [1.82, 2.24) is 9.80 Å². The van der Waals surface area contributed by atoms with Gasteiger partial charge in [-0.15, -0.1) is 0 Å². The van der Waals surface area contributed by atoms with Crippen LogP contribution in [0.1, 0.15) is 12.0 Å². The number of carbonyl (C=O) groups is 1. The molecule has 12 heteroatoms. The second kappa shape index (κ2) is 14.3. The highest BCUT2D eigenvalue weighted by atomic mass is 35.5. The number of benzene rings is 4. The molecule has 2 heterocycles. The topological polar surface area (TPSA) is 45.3 Å². The Morgan fingerprint density at radius 3 is 2.22 bits per heavy atom. The van der Waals surface area contributed by atoms with Crippen molar-refractivity contribution < 1.29 is 27.4 Å². The molecule has 2 aliphatic heterocycles.